The van der Waals surface area contributed by atoms with E-state index in [1.165, 1.54) is 4.88 Å². The number of amides is 1. The van der Waals surface area contributed by atoms with E-state index in [9.17, 15) is 4.79 Å². The van der Waals surface area contributed by atoms with Crippen LogP contribution in [-0.2, 0) is 11.3 Å². The summed E-state index contributed by atoms with van der Waals surface area (Å²) in [5.74, 6) is 0.921. The minimum atomic E-state index is -0.511. The van der Waals surface area contributed by atoms with Gasteiger partial charge in [-0.3, -0.25) is 4.99 Å². The van der Waals surface area contributed by atoms with Crippen LogP contribution in [0, 0.1) is 12.8 Å². The molecular formula is C17H31N5O2S. The zero-order valence-electron chi connectivity index (χ0n) is 16.3. The fraction of sp³-hybridized carbons (Fsp3) is 0.706. The standard InChI is InChI=1S/C17H31N5O2S/c1-11(2)13(22-16(23)24-17(4,5)6)9-20-15(18-7)21-10-14-19-8-12(3)25-14/h8,11,13H,9-10H2,1-7H3,(H,22,23)(H2,18,20,21). The van der Waals surface area contributed by atoms with Crippen molar-refractivity contribution < 1.29 is 9.53 Å². The summed E-state index contributed by atoms with van der Waals surface area (Å²) < 4.78 is 5.33. The number of nitrogens with zero attached hydrogens (tertiary/aromatic N) is 2. The van der Waals surface area contributed by atoms with E-state index in [1.54, 1.807) is 18.4 Å². The summed E-state index contributed by atoms with van der Waals surface area (Å²) >= 11 is 1.65. The number of aromatic nitrogens is 1. The monoisotopic (exact) mass is 369 g/mol. The summed E-state index contributed by atoms with van der Waals surface area (Å²) in [5.41, 5.74) is -0.511. The molecule has 0 aliphatic heterocycles. The van der Waals surface area contributed by atoms with Gasteiger partial charge in [0.15, 0.2) is 5.96 Å². The van der Waals surface area contributed by atoms with Crippen LogP contribution in [0.4, 0.5) is 4.79 Å². The first-order chi connectivity index (χ1) is 11.6. The molecule has 1 aromatic rings. The van der Waals surface area contributed by atoms with Crippen molar-refractivity contribution in [1.29, 1.82) is 0 Å². The number of hydrogen-bond donors (Lipinski definition) is 3. The SMILES string of the molecule is CN=C(NCc1ncc(C)s1)NCC(NC(=O)OC(C)(C)C)C(C)C. The first-order valence-corrected chi connectivity index (χ1v) is 9.27. The van der Waals surface area contributed by atoms with Crippen LogP contribution in [-0.4, -0.2) is 42.3 Å². The van der Waals surface area contributed by atoms with Crippen LogP contribution < -0.4 is 16.0 Å². The Balaban J connectivity index is 2.49. The Labute approximate surface area is 154 Å². The van der Waals surface area contributed by atoms with Crippen LogP contribution in [0.1, 0.15) is 44.5 Å². The maximum absolute atomic E-state index is 12.0. The molecule has 1 rings (SSSR count). The molecule has 142 valence electrons. The fourth-order valence-electron chi connectivity index (χ4n) is 1.98. The highest BCUT2D eigenvalue weighted by molar-refractivity contribution is 7.11. The molecule has 0 saturated carbocycles. The van der Waals surface area contributed by atoms with Gasteiger partial charge in [-0.25, -0.2) is 9.78 Å². The Bertz CT molecular complexity index is 578. The molecule has 1 aromatic heterocycles. The van der Waals surface area contributed by atoms with Crippen LogP contribution in [0.2, 0.25) is 0 Å². The van der Waals surface area contributed by atoms with Crippen molar-refractivity contribution >= 4 is 23.4 Å². The van der Waals surface area contributed by atoms with E-state index in [2.05, 4.69) is 39.8 Å². The average molecular weight is 370 g/mol. The summed E-state index contributed by atoms with van der Waals surface area (Å²) in [7, 11) is 1.72. The number of carbonyl (C=O) groups is 1. The molecule has 25 heavy (non-hydrogen) atoms. The van der Waals surface area contributed by atoms with Gasteiger partial charge in [0.2, 0.25) is 0 Å². The summed E-state index contributed by atoms with van der Waals surface area (Å²) in [6, 6.07) is -0.0736. The number of aliphatic imine (C=N–C) groups is 1. The molecule has 0 fully saturated rings. The largest absolute Gasteiger partial charge is 0.444 e. The number of hydrogen-bond acceptors (Lipinski definition) is 5. The molecule has 1 unspecified atom stereocenters. The van der Waals surface area contributed by atoms with E-state index in [1.807, 2.05) is 33.9 Å². The minimum Gasteiger partial charge on any atom is -0.444 e. The molecule has 8 heteroatoms. The highest BCUT2D eigenvalue weighted by Gasteiger charge is 2.21. The smallest absolute Gasteiger partial charge is 0.407 e. The van der Waals surface area contributed by atoms with Crippen molar-refractivity contribution in [3.05, 3.63) is 16.1 Å². The molecule has 0 radical (unpaired) electrons. The maximum Gasteiger partial charge on any atom is 0.407 e. The predicted molar refractivity (Wildman–Crippen MR) is 103 cm³/mol. The Kier molecular flexibility index (Phi) is 8.15. The lowest BCUT2D eigenvalue weighted by Gasteiger charge is -2.26. The molecule has 0 aliphatic carbocycles. The highest BCUT2D eigenvalue weighted by Crippen LogP contribution is 2.10. The van der Waals surface area contributed by atoms with E-state index in [0.717, 1.165) is 5.01 Å². The zero-order valence-corrected chi connectivity index (χ0v) is 17.1. The summed E-state index contributed by atoms with van der Waals surface area (Å²) in [5, 5.41) is 10.4. The number of nitrogens with one attached hydrogen (secondary N) is 3. The van der Waals surface area contributed by atoms with Crippen LogP contribution in [0.3, 0.4) is 0 Å². The van der Waals surface area contributed by atoms with Gasteiger partial charge in [-0.15, -0.1) is 11.3 Å². The quantitative estimate of drug-likeness (QED) is 0.530. The Morgan fingerprint density at radius 1 is 1.36 bits per heavy atom. The van der Waals surface area contributed by atoms with Crippen LogP contribution in [0.5, 0.6) is 0 Å². The normalized spacial score (nSPS) is 13.5. The molecule has 0 saturated heterocycles. The predicted octanol–water partition coefficient (Wildman–Crippen LogP) is 2.67. The van der Waals surface area contributed by atoms with Gasteiger partial charge in [0.25, 0.3) is 0 Å². The van der Waals surface area contributed by atoms with Gasteiger partial charge in [-0.05, 0) is 33.6 Å². The Morgan fingerprint density at radius 2 is 2.04 bits per heavy atom. The second-order valence-corrected chi connectivity index (χ2v) is 8.49. The summed E-state index contributed by atoms with van der Waals surface area (Å²) in [6.45, 7) is 12.8. The second kappa shape index (κ2) is 9.60. The van der Waals surface area contributed by atoms with E-state index < -0.39 is 11.7 Å². The number of thiazole rings is 1. The van der Waals surface area contributed by atoms with Crippen LogP contribution in [0.25, 0.3) is 0 Å². The van der Waals surface area contributed by atoms with Crippen molar-refractivity contribution in [2.24, 2.45) is 10.9 Å². The van der Waals surface area contributed by atoms with Crippen LogP contribution in [0.15, 0.2) is 11.2 Å². The number of alkyl carbamates (subject to hydrolysis) is 1. The van der Waals surface area contributed by atoms with Crippen molar-refractivity contribution in [2.75, 3.05) is 13.6 Å². The highest BCUT2D eigenvalue weighted by atomic mass is 32.1. The summed E-state index contributed by atoms with van der Waals surface area (Å²) in [6.07, 6.45) is 1.45. The van der Waals surface area contributed by atoms with E-state index >= 15 is 0 Å². The third kappa shape index (κ3) is 8.72. The van der Waals surface area contributed by atoms with Gasteiger partial charge in [0, 0.05) is 24.7 Å². The van der Waals surface area contributed by atoms with Crippen LogP contribution >= 0.6 is 11.3 Å². The van der Waals surface area contributed by atoms with Gasteiger partial charge in [0.05, 0.1) is 12.6 Å². The van der Waals surface area contributed by atoms with Crippen molar-refractivity contribution in [3.8, 4) is 0 Å². The molecule has 0 aliphatic rings. The van der Waals surface area contributed by atoms with Gasteiger partial charge in [-0.2, -0.15) is 0 Å². The molecule has 0 spiro atoms. The van der Waals surface area contributed by atoms with Gasteiger partial charge in [-0.1, -0.05) is 13.8 Å². The van der Waals surface area contributed by atoms with E-state index in [0.29, 0.717) is 19.0 Å². The van der Waals surface area contributed by atoms with Gasteiger partial charge in [0.1, 0.15) is 10.6 Å². The Hall–Kier alpha value is -1.83. The van der Waals surface area contributed by atoms with Gasteiger partial charge < -0.3 is 20.7 Å². The molecule has 0 aromatic carbocycles. The molecule has 3 N–H and O–H groups in total. The lowest BCUT2D eigenvalue weighted by Crippen LogP contribution is -2.50. The Morgan fingerprint density at radius 3 is 2.52 bits per heavy atom. The topological polar surface area (TPSA) is 87.6 Å². The molecule has 1 amide bonds. The lowest BCUT2D eigenvalue weighted by molar-refractivity contribution is 0.0491. The third-order valence-corrected chi connectivity index (χ3v) is 4.21. The lowest BCUT2D eigenvalue weighted by atomic mass is 10.0. The van der Waals surface area contributed by atoms with Gasteiger partial charge >= 0.3 is 6.09 Å². The first-order valence-electron chi connectivity index (χ1n) is 8.46. The first kappa shape index (κ1) is 21.2. The molecule has 0 bridgehead atoms. The number of rotatable bonds is 6. The third-order valence-electron chi connectivity index (χ3n) is 3.30. The number of carbonyl (C=O) groups excluding carboxylic acids is 1. The van der Waals surface area contributed by atoms with E-state index in [-0.39, 0.29) is 12.0 Å². The molecular weight excluding hydrogens is 338 g/mol. The van der Waals surface area contributed by atoms with Crippen molar-refractivity contribution in [2.45, 2.75) is 59.7 Å². The summed E-state index contributed by atoms with van der Waals surface area (Å²) in [4.78, 5) is 21.7. The zero-order chi connectivity index (χ0) is 19.0. The second-order valence-electron chi connectivity index (χ2n) is 7.17. The molecule has 7 nitrogen and oxygen atoms in total. The minimum absolute atomic E-state index is 0.0736. The fourth-order valence-corrected chi connectivity index (χ4v) is 2.71. The number of guanidine groups is 1. The molecule has 1 heterocycles. The maximum atomic E-state index is 12.0. The number of aryl methyl sites for hydroxylation is 1. The van der Waals surface area contributed by atoms with E-state index in [4.69, 9.17) is 4.74 Å². The van der Waals surface area contributed by atoms with Crippen molar-refractivity contribution in [1.82, 2.24) is 20.9 Å². The number of ether oxygens (including phenoxy) is 1. The molecule has 1 atom stereocenters. The van der Waals surface area contributed by atoms with Crippen molar-refractivity contribution in [3.63, 3.8) is 0 Å². The average Bonchev–Trinajstić information content (AvgIpc) is 2.89.